The number of nitrogens with zero attached hydrogens (tertiary/aromatic N) is 1. The van der Waals surface area contributed by atoms with Crippen LogP contribution in [-0.2, 0) is 11.2 Å². The minimum Gasteiger partial charge on any atom is -0.327 e. The quantitative estimate of drug-likeness (QED) is 0.888. The van der Waals surface area contributed by atoms with Crippen molar-refractivity contribution < 1.29 is 4.79 Å². The van der Waals surface area contributed by atoms with Crippen LogP contribution in [0.1, 0.15) is 31.7 Å². The van der Waals surface area contributed by atoms with Gasteiger partial charge in [-0.05, 0) is 48.8 Å². The highest BCUT2D eigenvalue weighted by atomic mass is 35.5. The SMILES string of the molecule is CCc1cccc(NC(=O)CN2CC3CCCC(N)C3C2)c1.Cl. The molecule has 3 unspecified atom stereocenters. The lowest BCUT2D eigenvalue weighted by molar-refractivity contribution is -0.117. The third-order valence-corrected chi connectivity index (χ3v) is 5.22. The Balaban J connectivity index is 0.00000192. The summed E-state index contributed by atoms with van der Waals surface area (Å²) >= 11 is 0. The van der Waals surface area contributed by atoms with Crippen LogP contribution >= 0.6 is 12.4 Å². The number of likely N-dealkylation sites (tertiary alicyclic amines) is 1. The first-order valence-corrected chi connectivity index (χ1v) is 8.52. The van der Waals surface area contributed by atoms with Crippen molar-refractivity contribution >= 4 is 24.0 Å². The first-order chi connectivity index (χ1) is 10.7. The Bertz CT molecular complexity index is 537. The molecule has 0 aromatic heterocycles. The van der Waals surface area contributed by atoms with Crippen molar-refractivity contribution in [2.75, 3.05) is 25.0 Å². The number of rotatable bonds is 4. The standard InChI is InChI=1S/C18H27N3O.ClH/c1-2-13-5-3-7-15(9-13)20-18(22)12-21-10-14-6-4-8-17(19)16(14)11-21;/h3,5,7,9,14,16-17H,2,4,6,8,10-12,19H2,1H3,(H,20,22);1H. The molecule has 1 aliphatic heterocycles. The molecular formula is C18H28ClN3O. The number of nitrogens with one attached hydrogen (secondary N) is 1. The molecule has 3 atom stereocenters. The second kappa shape index (κ2) is 8.13. The van der Waals surface area contributed by atoms with Gasteiger partial charge in [0.15, 0.2) is 0 Å². The van der Waals surface area contributed by atoms with Gasteiger partial charge in [0.25, 0.3) is 0 Å². The third-order valence-electron chi connectivity index (χ3n) is 5.22. The normalized spacial score (nSPS) is 27.1. The minimum atomic E-state index is 0. The number of hydrogen-bond acceptors (Lipinski definition) is 3. The fraction of sp³-hybridized carbons (Fsp3) is 0.611. The summed E-state index contributed by atoms with van der Waals surface area (Å²) in [5, 5.41) is 3.02. The number of halogens is 1. The zero-order chi connectivity index (χ0) is 15.5. The molecular weight excluding hydrogens is 310 g/mol. The van der Waals surface area contributed by atoms with E-state index in [1.54, 1.807) is 0 Å². The lowest BCUT2D eigenvalue weighted by atomic mass is 9.78. The van der Waals surface area contributed by atoms with Crippen molar-refractivity contribution in [3.8, 4) is 0 Å². The summed E-state index contributed by atoms with van der Waals surface area (Å²) in [7, 11) is 0. The van der Waals surface area contributed by atoms with Crippen LogP contribution in [0.25, 0.3) is 0 Å². The number of nitrogens with two attached hydrogens (primary N) is 1. The van der Waals surface area contributed by atoms with E-state index in [4.69, 9.17) is 5.73 Å². The van der Waals surface area contributed by atoms with Crippen molar-refractivity contribution in [3.05, 3.63) is 29.8 Å². The summed E-state index contributed by atoms with van der Waals surface area (Å²) in [4.78, 5) is 14.5. The van der Waals surface area contributed by atoms with Crippen molar-refractivity contribution in [1.29, 1.82) is 0 Å². The first kappa shape index (κ1) is 18.2. The van der Waals surface area contributed by atoms with Gasteiger partial charge in [0.05, 0.1) is 6.54 Å². The molecule has 2 aliphatic rings. The van der Waals surface area contributed by atoms with Crippen LogP contribution in [0.15, 0.2) is 24.3 Å². The van der Waals surface area contributed by atoms with Gasteiger partial charge >= 0.3 is 0 Å². The van der Waals surface area contributed by atoms with Gasteiger partial charge in [-0.25, -0.2) is 0 Å². The molecule has 1 amide bonds. The van der Waals surface area contributed by atoms with Crippen LogP contribution in [-0.4, -0.2) is 36.5 Å². The maximum absolute atomic E-state index is 12.3. The van der Waals surface area contributed by atoms with Crippen molar-refractivity contribution in [2.24, 2.45) is 17.6 Å². The molecule has 3 N–H and O–H groups in total. The van der Waals surface area contributed by atoms with Crippen molar-refractivity contribution in [3.63, 3.8) is 0 Å². The van der Waals surface area contributed by atoms with Crippen LogP contribution in [0.3, 0.4) is 0 Å². The summed E-state index contributed by atoms with van der Waals surface area (Å²) < 4.78 is 0. The highest BCUT2D eigenvalue weighted by Gasteiger charge is 2.38. The molecule has 1 heterocycles. The smallest absolute Gasteiger partial charge is 0.238 e. The van der Waals surface area contributed by atoms with Gasteiger partial charge in [0, 0.05) is 24.8 Å². The molecule has 5 heteroatoms. The van der Waals surface area contributed by atoms with Crippen LogP contribution in [0.2, 0.25) is 0 Å². The Labute approximate surface area is 145 Å². The van der Waals surface area contributed by atoms with E-state index >= 15 is 0 Å². The van der Waals surface area contributed by atoms with Gasteiger partial charge in [0.1, 0.15) is 0 Å². The maximum Gasteiger partial charge on any atom is 0.238 e. The lowest BCUT2D eigenvalue weighted by Crippen LogP contribution is -2.38. The van der Waals surface area contributed by atoms with Gasteiger partial charge < -0.3 is 11.1 Å². The Hall–Kier alpha value is -1.10. The zero-order valence-electron chi connectivity index (χ0n) is 13.8. The minimum absolute atomic E-state index is 0. The molecule has 128 valence electrons. The number of aryl methyl sites for hydroxylation is 1. The molecule has 23 heavy (non-hydrogen) atoms. The average molecular weight is 338 g/mol. The van der Waals surface area contributed by atoms with Crippen LogP contribution in [0.4, 0.5) is 5.69 Å². The molecule has 2 fully saturated rings. The van der Waals surface area contributed by atoms with Gasteiger partial charge in [-0.2, -0.15) is 0 Å². The van der Waals surface area contributed by atoms with Crippen LogP contribution < -0.4 is 11.1 Å². The van der Waals surface area contributed by atoms with E-state index in [-0.39, 0.29) is 18.3 Å². The topological polar surface area (TPSA) is 58.4 Å². The average Bonchev–Trinajstić information content (AvgIpc) is 2.91. The van der Waals surface area contributed by atoms with Crippen LogP contribution in [0.5, 0.6) is 0 Å². The molecule has 0 bridgehead atoms. The van der Waals surface area contributed by atoms with Gasteiger partial charge in [-0.1, -0.05) is 25.5 Å². The highest BCUT2D eigenvalue weighted by molar-refractivity contribution is 5.92. The predicted octanol–water partition coefficient (Wildman–Crippen LogP) is 2.67. The molecule has 1 saturated heterocycles. The number of carbonyl (C=O) groups is 1. The number of amides is 1. The van der Waals surface area contributed by atoms with E-state index in [2.05, 4.69) is 29.3 Å². The Kier molecular flexibility index (Phi) is 6.45. The first-order valence-electron chi connectivity index (χ1n) is 8.52. The number of carbonyl (C=O) groups excluding carboxylic acids is 1. The summed E-state index contributed by atoms with van der Waals surface area (Å²) in [6.45, 7) is 4.61. The molecule has 0 radical (unpaired) electrons. The summed E-state index contributed by atoms with van der Waals surface area (Å²) in [5.74, 6) is 1.37. The van der Waals surface area contributed by atoms with Gasteiger partial charge in [0.2, 0.25) is 5.91 Å². The number of benzene rings is 1. The summed E-state index contributed by atoms with van der Waals surface area (Å²) in [6.07, 6.45) is 4.64. The second-order valence-electron chi connectivity index (χ2n) is 6.81. The van der Waals surface area contributed by atoms with Crippen molar-refractivity contribution in [1.82, 2.24) is 4.90 Å². The molecule has 0 spiro atoms. The summed E-state index contributed by atoms with van der Waals surface area (Å²) in [5.41, 5.74) is 8.39. The molecule has 3 rings (SSSR count). The van der Waals surface area contributed by atoms with E-state index in [1.165, 1.54) is 18.4 Å². The van der Waals surface area contributed by atoms with Gasteiger partial charge in [-0.3, -0.25) is 9.69 Å². The van der Waals surface area contributed by atoms with E-state index in [0.29, 0.717) is 24.4 Å². The Morgan fingerprint density at radius 1 is 1.35 bits per heavy atom. The number of anilines is 1. The van der Waals surface area contributed by atoms with E-state index in [0.717, 1.165) is 31.6 Å². The molecule has 4 nitrogen and oxygen atoms in total. The summed E-state index contributed by atoms with van der Waals surface area (Å²) in [6, 6.07) is 8.42. The fourth-order valence-corrected chi connectivity index (χ4v) is 4.01. The molecule has 1 aromatic carbocycles. The van der Waals surface area contributed by atoms with Crippen molar-refractivity contribution in [2.45, 2.75) is 38.6 Å². The predicted molar refractivity (Wildman–Crippen MR) is 96.9 cm³/mol. The lowest BCUT2D eigenvalue weighted by Gasteiger charge is -2.29. The number of hydrogen-bond donors (Lipinski definition) is 2. The van der Waals surface area contributed by atoms with E-state index < -0.39 is 0 Å². The zero-order valence-corrected chi connectivity index (χ0v) is 14.6. The monoisotopic (exact) mass is 337 g/mol. The fourth-order valence-electron chi connectivity index (χ4n) is 4.01. The van der Waals surface area contributed by atoms with E-state index in [9.17, 15) is 4.79 Å². The largest absolute Gasteiger partial charge is 0.327 e. The molecule has 1 saturated carbocycles. The third kappa shape index (κ3) is 4.46. The Morgan fingerprint density at radius 3 is 2.91 bits per heavy atom. The molecule has 1 aliphatic carbocycles. The van der Waals surface area contributed by atoms with Gasteiger partial charge in [-0.15, -0.1) is 12.4 Å². The maximum atomic E-state index is 12.3. The van der Waals surface area contributed by atoms with E-state index in [1.807, 2.05) is 12.1 Å². The number of fused-ring (bicyclic) bond motifs is 1. The second-order valence-corrected chi connectivity index (χ2v) is 6.81. The van der Waals surface area contributed by atoms with Crippen LogP contribution in [0, 0.1) is 11.8 Å². The highest BCUT2D eigenvalue weighted by Crippen LogP contribution is 2.35. The molecule has 1 aromatic rings. The Morgan fingerprint density at radius 2 is 2.17 bits per heavy atom.